The van der Waals surface area contributed by atoms with E-state index in [-0.39, 0.29) is 0 Å². The number of carbonyl (C=O) groups excluding carboxylic acids is 1. The second kappa shape index (κ2) is 7.65. The maximum absolute atomic E-state index is 13.2. The summed E-state index contributed by atoms with van der Waals surface area (Å²) in [6, 6.07) is 5.28. The van der Waals surface area contributed by atoms with Crippen LogP contribution in [-0.2, 0) is 0 Å². The van der Waals surface area contributed by atoms with E-state index in [0.717, 1.165) is 26.2 Å². The molecule has 0 aliphatic carbocycles. The Balaban J connectivity index is 1.71. The predicted molar refractivity (Wildman–Crippen MR) is 100 cm³/mol. The third kappa shape index (κ3) is 4.26. The standard InChI is InChI=1S/C18H23FN6O/c1-12-16(23-18(26)22-15-6-4-5-14(19)11-15)13(2)21-17(20-12)25-9-7-24(3)8-10-25/h4-6,11H,7-10H2,1-3H3,(H2,22,23,26). The van der Waals surface area contributed by atoms with E-state index in [2.05, 4.69) is 37.4 Å². The van der Waals surface area contributed by atoms with Crippen molar-refractivity contribution in [3.63, 3.8) is 0 Å². The lowest BCUT2D eigenvalue weighted by atomic mass is 10.2. The van der Waals surface area contributed by atoms with Gasteiger partial charge in [-0.05, 0) is 39.1 Å². The average molecular weight is 358 g/mol. The van der Waals surface area contributed by atoms with Gasteiger partial charge in [0.1, 0.15) is 5.82 Å². The number of rotatable bonds is 3. The Bertz CT molecular complexity index is 781. The molecule has 138 valence electrons. The maximum atomic E-state index is 13.2. The highest BCUT2D eigenvalue weighted by Crippen LogP contribution is 2.21. The average Bonchev–Trinajstić information content (AvgIpc) is 2.58. The molecule has 1 aromatic heterocycles. The zero-order chi connectivity index (χ0) is 18.7. The molecule has 2 aromatic rings. The minimum absolute atomic E-state index is 0.382. The first-order valence-electron chi connectivity index (χ1n) is 8.54. The van der Waals surface area contributed by atoms with Gasteiger partial charge >= 0.3 is 6.03 Å². The first kappa shape index (κ1) is 18.1. The molecule has 0 radical (unpaired) electrons. The number of aromatic nitrogens is 2. The zero-order valence-corrected chi connectivity index (χ0v) is 15.2. The van der Waals surface area contributed by atoms with Crippen molar-refractivity contribution in [3.05, 3.63) is 41.5 Å². The summed E-state index contributed by atoms with van der Waals surface area (Å²) in [4.78, 5) is 25.7. The topological polar surface area (TPSA) is 73.4 Å². The second-order valence-electron chi connectivity index (χ2n) is 6.45. The van der Waals surface area contributed by atoms with Crippen molar-refractivity contribution in [2.45, 2.75) is 13.8 Å². The highest BCUT2D eigenvalue weighted by molar-refractivity contribution is 6.00. The van der Waals surface area contributed by atoms with E-state index in [1.807, 2.05) is 13.8 Å². The summed E-state index contributed by atoms with van der Waals surface area (Å²) in [6.07, 6.45) is 0. The van der Waals surface area contributed by atoms with Crippen molar-refractivity contribution in [2.24, 2.45) is 0 Å². The molecule has 1 saturated heterocycles. The lowest BCUT2D eigenvalue weighted by molar-refractivity contribution is 0.262. The lowest BCUT2D eigenvalue weighted by Crippen LogP contribution is -2.45. The van der Waals surface area contributed by atoms with Crippen LogP contribution in [0.25, 0.3) is 0 Å². The molecule has 2 N–H and O–H groups in total. The smallest absolute Gasteiger partial charge is 0.323 e. The van der Waals surface area contributed by atoms with E-state index >= 15 is 0 Å². The van der Waals surface area contributed by atoms with Gasteiger partial charge in [-0.1, -0.05) is 6.07 Å². The molecule has 1 aromatic carbocycles. The first-order chi connectivity index (χ1) is 12.4. The van der Waals surface area contributed by atoms with Gasteiger partial charge in [0, 0.05) is 31.9 Å². The number of aryl methyl sites for hydroxylation is 2. The Kier molecular flexibility index (Phi) is 5.32. The Labute approximate surface area is 152 Å². The summed E-state index contributed by atoms with van der Waals surface area (Å²) in [7, 11) is 2.10. The molecule has 0 saturated carbocycles. The fraction of sp³-hybridized carbons (Fsp3) is 0.389. The van der Waals surface area contributed by atoms with Crippen LogP contribution in [0.2, 0.25) is 0 Å². The van der Waals surface area contributed by atoms with Crippen LogP contribution in [-0.4, -0.2) is 54.1 Å². The second-order valence-corrected chi connectivity index (χ2v) is 6.45. The third-order valence-corrected chi connectivity index (χ3v) is 4.37. The van der Waals surface area contributed by atoms with E-state index in [1.54, 1.807) is 6.07 Å². The summed E-state index contributed by atoms with van der Waals surface area (Å²) in [5, 5.41) is 5.37. The Morgan fingerprint density at radius 2 is 1.73 bits per heavy atom. The van der Waals surface area contributed by atoms with Crippen molar-refractivity contribution in [3.8, 4) is 0 Å². The molecule has 1 fully saturated rings. The minimum Gasteiger partial charge on any atom is -0.338 e. The number of urea groups is 1. The monoisotopic (exact) mass is 358 g/mol. The number of hydrogen-bond acceptors (Lipinski definition) is 5. The van der Waals surface area contributed by atoms with Gasteiger partial charge in [0.15, 0.2) is 0 Å². The normalized spacial score (nSPS) is 15.0. The number of nitrogens with zero attached hydrogens (tertiary/aromatic N) is 4. The highest BCUT2D eigenvalue weighted by atomic mass is 19.1. The van der Waals surface area contributed by atoms with Gasteiger partial charge in [0.05, 0.1) is 17.1 Å². The number of halogens is 1. The van der Waals surface area contributed by atoms with E-state index < -0.39 is 11.8 Å². The summed E-state index contributed by atoms with van der Waals surface area (Å²) in [5.41, 5.74) is 2.34. The molecule has 0 spiro atoms. The van der Waals surface area contributed by atoms with Crippen LogP contribution in [0.15, 0.2) is 24.3 Å². The van der Waals surface area contributed by atoms with Gasteiger partial charge in [-0.3, -0.25) is 0 Å². The van der Waals surface area contributed by atoms with Crippen LogP contribution in [0, 0.1) is 19.7 Å². The molecule has 7 nitrogen and oxygen atoms in total. The molecule has 0 unspecified atom stereocenters. The maximum Gasteiger partial charge on any atom is 0.323 e. The molecule has 1 aliphatic heterocycles. The number of nitrogens with one attached hydrogen (secondary N) is 2. The number of carbonyl (C=O) groups is 1. The number of benzene rings is 1. The number of amides is 2. The largest absolute Gasteiger partial charge is 0.338 e. The first-order valence-corrected chi connectivity index (χ1v) is 8.54. The number of hydrogen-bond donors (Lipinski definition) is 2. The Hall–Kier alpha value is -2.74. The molecule has 8 heteroatoms. The molecule has 26 heavy (non-hydrogen) atoms. The van der Waals surface area contributed by atoms with Crippen molar-refractivity contribution in [1.29, 1.82) is 0 Å². The predicted octanol–water partition coefficient (Wildman–Crippen LogP) is 2.63. The number of piperazine rings is 1. The lowest BCUT2D eigenvalue weighted by Gasteiger charge is -2.32. The van der Waals surface area contributed by atoms with E-state index in [0.29, 0.717) is 28.7 Å². The summed E-state index contributed by atoms with van der Waals surface area (Å²) in [6.45, 7) is 7.37. The van der Waals surface area contributed by atoms with Gasteiger partial charge in [-0.2, -0.15) is 0 Å². The highest BCUT2D eigenvalue weighted by Gasteiger charge is 2.19. The molecule has 2 amide bonds. The third-order valence-electron chi connectivity index (χ3n) is 4.37. The fourth-order valence-electron chi connectivity index (χ4n) is 2.87. The van der Waals surface area contributed by atoms with Gasteiger partial charge < -0.3 is 20.4 Å². The summed E-state index contributed by atoms with van der Waals surface area (Å²) >= 11 is 0. The molecule has 2 heterocycles. The van der Waals surface area contributed by atoms with Crippen molar-refractivity contribution in [2.75, 3.05) is 48.8 Å². The van der Waals surface area contributed by atoms with E-state index in [9.17, 15) is 9.18 Å². The summed E-state index contributed by atoms with van der Waals surface area (Å²) < 4.78 is 13.2. The molecule has 3 rings (SSSR count). The molecular formula is C18H23FN6O. The van der Waals surface area contributed by atoms with E-state index in [4.69, 9.17) is 0 Å². The van der Waals surface area contributed by atoms with Crippen LogP contribution >= 0.6 is 0 Å². The van der Waals surface area contributed by atoms with Crippen molar-refractivity contribution in [1.82, 2.24) is 14.9 Å². The van der Waals surface area contributed by atoms with Crippen molar-refractivity contribution < 1.29 is 9.18 Å². The van der Waals surface area contributed by atoms with Gasteiger partial charge in [-0.25, -0.2) is 19.2 Å². The van der Waals surface area contributed by atoms with Crippen LogP contribution in [0.3, 0.4) is 0 Å². The Morgan fingerprint density at radius 3 is 2.35 bits per heavy atom. The van der Waals surface area contributed by atoms with Gasteiger partial charge in [0.2, 0.25) is 5.95 Å². The molecule has 0 bridgehead atoms. The van der Waals surface area contributed by atoms with Gasteiger partial charge in [0.25, 0.3) is 0 Å². The molecule has 1 aliphatic rings. The molecular weight excluding hydrogens is 335 g/mol. The fourth-order valence-corrected chi connectivity index (χ4v) is 2.87. The SMILES string of the molecule is Cc1nc(N2CCN(C)CC2)nc(C)c1NC(=O)Nc1cccc(F)c1. The van der Waals surface area contributed by atoms with Crippen LogP contribution in [0.5, 0.6) is 0 Å². The van der Waals surface area contributed by atoms with Crippen LogP contribution < -0.4 is 15.5 Å². The van der Waals surface area contributed by atoms with Crippen LogP contribution in [0.4, 0.5) is 26.5 Å². The van der Waals surface area contributed by atoms with Crippen LogP contribution in [0.1, 0.15) is 11.4 Å². The molecule has 0 atom stereocenters. The number of likely N-dealkylation sites (N-methyl/N-ethyl adjacent to an activating group) is 1. The quantitative estimate of drug-likeness (QED) is 0.882. The Morgan fingerprint density at radius 1 is 1.08 bits per heavy atom. The zero-order valence-electron chi connectivity index (χ0n) is 15.2. The van der Waals surface area contributed by atoms with Crippen molar-refractivity contribution >= 4 is 23.4 Å². The number of anilines is 3. The van der Waals surface area contributed by atoms with E-state index in [1.165, 1.54) is 18.2 Å². The van der Waals surface area contributed by atoms with Gasteiger partial charge in [-0.15, -0.1) is 0 Å². The summed E-state index contributed by atoms with van der Waals surface area (Å²) in [5.74, 6) is 0.277. The minimum atomic E-state index is -0.460.